The van der Waals surface area contributed by atoms with Gasteiger partial charge in [0.2, 0.25) is 5.91 Å². The average molecular weight is 429 g/mol. The summed E-state index contributed by atoms with van der Waals surface area (Å²) in [5, 5.41) is 3.02. The van der Waals surface area contributed by atoms with Crippen LogP contribution in [-0.2, 0) is 15.0 Å². The quantitative estimate of drug-likeness (QED) is 0.673. The lowest BCUT2D eigenvalue weighted by Gasteiger charge is -2.34. The van der Waals surface area contributed by atoms with Gasteiger partial charge in [-0.2, -0.15) is 0 Å². The number of methoxy groups -OCH3 is 1. The Balaban J connectivity index is 1.49. The fraction of sp³-hybridized carbons (Fsp3) is 0.240. The van der Waals surface area contributed by atoms with Gasteiger partial charge in [-0.15, -0.1) is 0 Å². The van der Waals surface area contributed by atoms with Crippen LogP contribution in [0.15, 0.2) is 73.1 Å². The van der Waals surface area contributed by atoms with Crippen molar-refractivity contribution in [2.75, 3.05) is 25.6 Å². The predicted molar refractivity (Wildman–Crippen MR) is 119 cm³/mol. The molecule has 2 unspecified atom stereocenters. The Morgan fingerprint density at radius 3 is 2.69 bits per heavy atom. The second kappa shape index (κ2) is 8.00. The van der Waals surface area contributed by atoms with Crippen LogP contribution in [-0.4, -0.2) is 42.0 Å². The van der Waals surface area contributed by atoms with E-state index in [0.29, 0.717) is 24.5 Å². The van der Waals surface area contributed by atoms with Gasteiger partial charge in [0.05, 0.1) is 13.2 Å². The molecule has 2 aliphatic heterocycles. The normalized spacial score (nSPS) is 21.3. The molecule has 162 valence electrons. The number of aromatic nitrogens is 1. The maximum atomic E-state index is 13.4. The third-order valence-electron chi connectivity index (χ3n) is 6.33. The van der Waals surface area contributed by atoms with E-state index in [2.05, 4.69) is 10.3 Å². The standard InChI is InChI=1S/C25H23N3O4/c1-31-20-10-4-5-11-21(20)32-16-22(29)28-14-12-25(23(28)17-7-6-13-26-15-17)18-8-2-3-9-19(18)27-24(25)30/h2-11,13,15,23H,12,14,16H2,1H3,(H,27,30). The number of amides is 2. The van der Waals surface area contributed by atoms with E-state index in [1.807, 2.05) is 48.5 Å². The molecule has 1 fully saturated rings. The molecule has 1 spiro atoms. The number of rotatable bonds is 5. The van der Waals surface area contributed by atoms with Crippen LogP contribution in [0.25, 0.3) is 0 Å². The summed E-state index contributed by atoms with van der Waals surface area (Å²) in [5.74, 6) is 0.776. The van der Waals surface area contributed by atoms with Crippen LogP contribution < -0.4 is 14.8 Å². The second-order valence-corrected chi connectivity index (χ2v) is 7.94. The lowest BCUT2D eigenvalue weighted by molar-refractivity contribution is -0.135. The Kier molecular flexibility index (Phi) is 5.01. The topological polar surface area (TPSA) is 80.8 Å². The minimum Gasteiger partial charge on any atom is -0.493 e. The molecule has 7 heteroatoms. The molecule has 2 aromatic carbocycles. The maximum absolute atomic E-state index is 13.4. The van der Waals surface area contributed by atoms with Crippen LogP contribution in [0.5, 0.6) is 11.5 Å². The van der Waals surface area contributed by atoms with Crippen LogP contribution >= 0.6 is 0 Å². The zero-order chi connectivity index (χ0) is 22.1. The molecule has 0 saturated carbocycles. The van der Waals surface area contributed by atoms with Gasteiger partial charge in [-0.1, -0.05) is 36.4 Å². The van der Waals surface area contributed by atoms with E-state index < -0.39 is 11.5 Å². The molecular weight excluding hydrogens is 406 g/mol. The summed E-state index contributed by atoms with van der Waals surface area (Å²) in [6.07, 6.45) is 3.94. The van der Waals surface area contributed by atoms with Gasteiger partial charge in [-0.3, -0.25) is 14.6 Å². The van der Waals surface area contributed by atoms with Crippen molar-refractivity contribution < 1.29 is 19.1 Å². The van der Waals surface area contributed by atoms with Gasteiger partial charge < -0.3 is 19.7 Å². The Morgan fingerprint density at radius 2 is 1.91 bits per heavy atom. The van der Waals surface area contributed by atoms with Crippen molar-refractivity contribution in [1.82, 2.24) is 9.88 Å². The Morgan fingerprint density at radius 1 is 1.12 bits per heavy atom. The van der Waals surface area contributed by atoms with Crippen LogP contribution in [0.2, 0.25) is 0 Å². The Bertz CT molecular complexity index is 1170. The average Bonchev–Trinajstić information content (AvgIpc) is 3.37. The third kappa shape index (κ3) is 3.09. The first-order valence-corrected chi connectivity index (χ1v) is 10.5. The van der Waals surface area contributed by atoms with Crippen LogP contribution in [0, 0.1) is 0 Å². The van der Waals surface area contributed by atoms with Gasteiger partial charge in [-0.25, -0.2) is 0 Å². The number of nitrogens with one attached hydrogen (secondary N) is 1. The minimum atomic E-state index is -0.861. The Labute approximate surface area is 186 Å². The number of ether oxygens (including phenoxy) is 2. The van der Waals surface area contributed by atoms with Crippen LogP contribution in [0.3, 0.4) is 0 Å². The van der Waals surface area contributed by atoms with E-state index in [1.54, 1.807) is 36.5 Å². The van der Waals surface area contributed by atoms with Crippen molar-refractivity contribution in [2.45, 2.75) is 17.9 Å². The number of pyridine rings is 1. The number of para-hydroxylation sites is 3. The summed E-state index contributed by atoms with van der Waals surface area (Å²) in [5.41, 5.74) is 1.67. The van der Waals surface area contributed by atoms with Crippen LogP contribution in [0.1, 0.15) is 23.6 Å². The van der Waals surface area contributed by atoms with Crippen molar-refractivity contribution in [2.24, 2.45) is 0 Å². The van der Waals surface area contributed by atoms with Crippen molar-refractivity contribution in [3.63, 3.8) is 0 Å². The minimum absolute atomic E-state index is 0.0894. The third-order valence-corrected chi connectivity index (χ3v) is 6.33. The summed E-state index contributed by atoms with van der Waals surface area (Å²) in [6, 6.07) is 18.2. The van der Waals surface area contributed by atoms with Crippen molar-refractivity contribution >= 4 is 17.5 Å². The summed E-state index contributed by atoms with van der Waals surface area (Å²) >= 11 is 0. The highest BCUT2D eigenvalue weighted by Crippen LogP contribution is 2.54. The highest BCUT2D eigenvalue weighted by Gasteiger charge is 2.59. The van der Waals surface area contributed by atoms with Gasteiger partial charge in [-0.05, 0) is 41.8 Å². The zero-order valence-electron chi connectivity index (χ0n) is 17.7. The summed E-state index contributed by atoms with van der Waals surface area (Å²) in [7, 11) is 1.56. The number of nitrogens with zero attached hydrogens (tertiary/aromatic N) is 2. The van der Waals surface area contributed by atoms with E-state index >= 15 is 0 Å². The number of anilines is 1. The molecule has 7 nitrogen and oxygen atoms in total. The Hall–Kier alpha value is -3.87. The predicted octanol–water partition coefficient (Wildman–Crippen LogP) is 3.33. The van der Waals surface area contributed by atoms with E-state index in [4.69, 9.17) is 9.47 Å². The second-order valence-electron chi connectivity index (χ2n) is 7.94. The van der Waals surface area contributed by atoms with Crippen molar-refractivity contribution in [3.8, 4) is 11.5 Å². The molecule has 3 aromatic rings. The van der Waals surface area contributed by atoms with Crippen molar-refractivity contribution in [1.29, 1.82) is 0 Å². The summed E-state index contributed by atoms with van der Waals surface area (Å²) in [4.78, 5) is 32.7. The SMILES string of the molecule is COc1ccccc1OCC(=O)N1CCC2(C(=O)Nc3ccccc32)C1c1cccnc1. The number of carbonyl (C=O) groups excluding carboxylic acids is 2. The molecule has 5 rings (SSSR count). The number of fused-ring (bicyclic) bond motifs is 2. The first-order chi connectivity index (χ1) is 15.6. The highest BCUT2D eigenvalue weighted by molar-refractivity contribution is 6.07. The van der Waals surface area contributed by atoms with E-state index in [1.165, 1.54) is 0 Å². The van der Waals surface area contributed by atoms with Gasteiger partial charge in [0.25, 0.3) is 5.91 Å². The number of benzene rings is 2. The molecule has 2 aliphatic rings. The molecule has 0 bridgehead atoms. The fourth-order valence-electron chi connectivity index (χ4n) is 4.92. The fourth-order valence-corrected chi connectivity index (χ4v) is 4.92. The zero-order valence-corrected chi connectivity index (χ0v) is 17.7. The number of hydrogen-bond acceptors (Lipinski definition) is 5. The van der Waals surface area contributed by atoms with E-state index in [0.717, 1.165) is 16.8 Å². The molecule has 3 heterocycles. The monoisotopic (exact) mass is 429 g/mol. The molecule has 2 atom stereocenters. The summed E-state index contributed by atoms with van der Waals surface area (Å²) < 4.78 is 11.1. The van der Waals surface area contributed by atoms with Gasteiger partial charge in [0, 0.05) is 24.6 Å². The summed E-state index contributed by atoms with van der Waals surface area (Å²) in [6.45, 7) is 0.284. The molecule has 1 N–H and O–H groups in total. The maximum Gasteiger partial charge on any atom is 0.261 e. The number of carbonyl (C=O) groups is 2. The van der Waals surface area contributed by atoms with E-state index in [-0.39, 0.29) is 18.4 Å². The lowest BCUT2D eigenvalue weighted by atomic mass is 9.73. The van der Waals surface area contributed by atoms with Gasteiger partial charge in [0.1, 0.15) is 5.41 Å². The highest BCUT2D eigenvalue weighted by atomic mass is 16.5. The molecule has 32 heavy (non-hydrogen) atoms. The largest absolute Gasteiger partial charge is 0.493 e. The lowest BCUT2D eigenvalue weighted by Crippen LogP contribution is -2.43. The molecular formula is C25H23N3O4. The van der Waals surface area contributed by atoms with Crippen LogP contribution in [0.4, 0.5) is 5.69 Å². The molecule has 1 saturated heterocycles. The van der Waals surface area contributed by atoms with Gasteiger partial charge >= 0.3 is 0 Å². The van der Waals surface area contributed by atoms with Gasteiger partial charge in [0.15, 0.2) is 18.1 Å². The number of hydrogen-bond donors (Lipinski definition) is 1. The molecule has 0 aliphatic carbocycles. The molecule has 0 radical (unpaired) electrons. The van der Waals surface area contributed by atoms with Crippen molar-refractivity contribution in [3.05, 3.63) is 84.2 Å². The van der Waals surface area contributed by atoms with E-state index in [9.17, 15) is 9.59 Å². The number of likely N-dealkylation sites (tertiary alicyclic amines) is 1. The first kappa shape index (κ1) is 20.1. The molecule has 2 amide bonds. The molecule has 1 aromatic heterocycles. The smallest absolute Gasteiger partial charge is 0.261 e. The first-order valence-electron chi connectivity index (χ1n) is 10.5.